The Morgan fingerprint density at radius 3 is 2.59 bits per heavy atom. The third kappa shape index (κ3) is 3.47. The lowest BCUT2D eigenvalue weighted by atomic mass is 10.3. The molecule has 2 heterocycles. The Kier molecular flexibility index (Phi) is 4.53. The monoisotopic (exact) mass is 271 g/mol. The van der Waals surface area contributed by atoms with E-state index >= 15 is 0 Å². The smallest absolute Gasteiger partial charge is 0.370 e. The normalized spacial score (nSPS) is 9.71. The van der Waals surface area contributed by atoms with Crippen molar-refractivity contribution in [1.82, 2.24) is 9.36 Å². The quantitative estimate of drug-likeness (QED) is 0.649. The van der Waals surface area contributed by atoms with Crippen molar-refractivity contribution in [2.75, 3.05) is 0 Å². The standard InChI is InChI=1S/C10H9N3O2S.ClH/c1-7-11-10(16-12-7)8-2-4-13(5-3-8)6-9(14)15;/h2-5H,6H2,1H3;1H. The minimum atomic E-state index is -0.857. The summed E-state index contributed by atoms with van der Waals surface area (Å²) in [5, 5.41) is 9.46. The molecule has 0 aliphatic rings. The van der Waals surface area contributed by atoms with Crippen LogP contribution in [0.1, 0.15) is 5.82 Å². The van der Waals surface area contributed by atoms with Crippen molar-refractivity contribution in [1.29, 1.82) is 0 Å². The molecule has 2 aromatic heterocycles. The zero-order valence-corrected chi connectivity index (χ0v) is 10.6. The third-order valence-corrected chi connectivity index (χ3v) is 2.84. The number of nitrogens with zero attached hydrogens (tertiary/aromatic N) is 3. The lowest BCUT2D eigenvalue weighted by Gasteiger charge is -1.94. The van der Waals surface area contributed by atoms with Crippen LogP contribution in [0.25, 0.3) is 10.6 Å². The molecule has 0 spiro atoms. The molecule has 2 aromatic rings. The van der Waals surface area contributed by atoms with Crippen molar-refractivity contribution < 1.29 is 26.9 Å². The first-order chi connectivity index (χ1) is 7.65. The Bertz CT molecular complexity index is 513. The molecule has 0 amide bonds. The Morgan fingerprint density at radius 1 is 1.47 bits per heavy atom. The number of rotatable bonds is 3. The number of aromatic nitrogens is 3. The summed E-state index contributed by atoms with van der Waals surface area (Å²) < 4.78 is 5.69. The molecular formula is C10H10ClN3O2S. The van der Waals surface area contributed by atoms with Crippen LogP contribution >= 0.6 is 11.5 Å². The van der Waals surface area contributed by atoms with E-state index in [9.17, 15) is 4.79 Å². The molecule has 0 aliphatic carbocycles. The fourth-order valence-electron chi connectivity index (χ4n) is 1.28. The predicted octanol–water partition coefficient (Wildman–Crippen LogP) is -2.11. The number of halogens is 1. The van der Waals surface area contributed by atoms with Crippen LogP contribution in [0.3, 0.4) is 0 Å². The van der Waals surface area contributed by atoms with Crippen molar-refractivity contribution in [3.63, 3.8) is 0 Å². The van der Waals surface area contributed by atoms with Crippen molar-refractivity contribution >= 4 is 17.5 Å². The lowest BCUT2D eigenvalue weighted by molar-refractivity contribution is -0.685. The van der Waals surface area contributed by atoms with Crippen LogP contribution in [0.4, 0.5) is 0 Å². The van der Waals surface area contributed by atoms with E-state index in [4.69, 9.17) is 5.11 Å². The minimum absolute atomic E-state index is 0. The fraction of sp³-hybridized carbons (Fsp3) is 0.200. The molecule has 0 atom stereocenters. The average molecular weight is 272 g/mol. The summed E-state index contributed by atoms with van der Waals surface area (Å²) >= 11 is 1.34. The summed E-state index contributed by atoms with van der Waals surface area (Å²) in [6, 6.07) is 3.67. The van der Waals surface area contributed by atoms with Crippen molar-refractivity contribution in [3.8, 4) is 10.6 Å². The van der Waals surface area contributed by atoms with Gasteiger partial charge in [-0.15, -0.1) is 0 Å². The van der Waals surface area contributed by atoms with Crippen LogP contribution < -0.4 is 17.0 Å². The highest BCUT2D eigenvalue weighted by Gasteiger charge is 2.09. The van der Waals surface area contributed by atoms with Gasteiger partial charge in [0.1, 0.15) is 10.8 Å². The summed E-state index contributed by atoms with van der Waals surface area (Å²) in [5.41, 5.74) is 0.951. The molecule has 0 radical (unpaired) electrons. The molecule has 0 aromatic carbocycles. The van der Waals surface area contributed by atoms with Crippen LogP contribution in [0.2, 0.25) is 0 Å². The topological polar surface area (TPSA) is 67.0 Å². The molecule has 0 aliphatic heterocycles. The predicted molar refractivity (Wildman–Crippen MR) is 57.9 cm³/mol. The van der Waals surface area contributed by atoms with Gasteiger partial charge in [-0.3, -0.25) is 0 Å². The molecule has 0 saturated carbocycles. The highest BCUT2D eigenvalue weighted by atomic mass is 35.5. The molecule has 2 rings (SSSR count). The Hall–Kier alpha value is -1.53. The number of aliphatic carboxylic acids is 1. The van der Waals surface area contributed by atoms with Gasteiger partial charge in [-0.25, -0.2) is 9.78 Å². The van der Waals surface area contributed by atoms with E-state index in [0.29, 0.717) is 0 Å². The van der Waals surface area contributed by atoms with Gasteiger partial charge < -0.3 is 17.5 Å². The van der Waals surface area contributed by atoms with E-state index in [2.05, 4.69) is 9.36 Å². The second-order valence-electron chi connectivity index (χ2n) is 3.30. The zero-order chi connectivity index (χ0) is 11.5. The first-order valence-electron chi connectivity index (χ1n) is 4.67. The number of hydrogen-bond acceptors (Lipinski definition) is 4. The number of carboxylic acid groups (broad SMARTS) is 1. The summed E-state index contributed by atoms with van der Waals surface area (Å²) in [4.78, 5) is 14.7. The van der Waals surface area contributed by atoms with Gasteiger partial charge in [0, 0.05) is 17.7 Å². The van der Waals surface area contributed by atoms with E-state index in [1.54, 1.807) is 17.0 Å². The summed E-state index contributed by atoms with van der Waals surface area (Å²) in [7, 11) is 0. The van der Waals surface area contributed by atoms with Crippen LogP contribution in [-0.2, 0) is 11.3 Å². The maximum absolute atomic E-state index is 10.5. The van der Waals surface area contributed by atoms with Gasteiger partial charge in [-0.05, 0) is 18.5 Å². The largest absolute Gasteiger partial charge is 1.00 e. The number of hydrogen-bond donors (Lipinski definition) is 1. The van der Waals surface area contributed by atoms with E-state index in [1.807, 2.05) is 19.1 Å². The molecule has 1 N–H and O–H groups in total. The summed E-state index contributed by atoms with van der Waals surface area (Å²) in [6.07, 6.45) is 3.44. The van der Waals surface area contributed by atoms with Crippen LogP contribution in [0.5, 0.6) is 0 Å². The first-order valence-corrected chi connectivity index (χ1v) is 5.44. The Morgan fingerprint density at radius 2 is 2.12 bits per heavy atom. The molecule has 5 nitrogen and oxygen atoms in total. The van der Waals surface area contributed by atoms with Gasteiger partial charge in [-0.1, -0.05) is 0 Å². The molecular weight excluding hydrogens is 262 g/mol. The second-order valence-corrected chi connectivity index (χ2v) is 4.05. The average Bonchev–Trinajstić information content (AvgIpc) is 2.65. The maximum atomic E-state index is 10.5. The van der Waals surface area contributed by atoms with E-state index in [1.165, 1.54) is 11.5 Å². The van der Waals surface area contributed by atoms with E-state index in [0.717, 1.165) is 16.4 Å². The Labute approximate surface area is 108 Å². The Balaban J connectivity index is 0.00000144. The van der Waals surface area contributed by atoms with Crippen LogP contribution in [0, 0.1) is 6.92 Å². The second kappa shape index (κ2) is 5.70. The summed E-state index contributed by atoms with van der Waals surface area (Å²) in [6.45, 7) is 1.81. The number of pyridine rings is 1. The van der Waals surface area contributed by atoms with Gasteiger partial charge in [0.15, 0.2) is 12.4 Å². The number of aryl methyl sites for hydroxylation is 1. The van der Waals surface area contributed by atoms with E-state index in [-0.39, 0.29) is 19.0 Å². The van der Waals surface area contributed by atoms with Gasteiger partial charge >= 0.3 is 5.97 Å². The van der Waals surface area contributed by atoms with Gasteiger partial charge in [-0.2, -0.15) is 8.94 Å². The minimum Gasteiger partial charge on any atom is -1.00 e. The molecule has 7 heteroatoms. The zero-order valence-electron chi connectivity index (χ0n) is 9.00. The molecule has 90 valence electrons. The first kappa shape index (κ1) is 13.5. The molecule has 0 fully saturated rings. The van der Waals surface area contributed by atoms with Gasteiger partial charge in [0.25, 0.3) is 0 Å². The highest BCUT2D eigenvalue weighted by Crippen LogP contribution is 2.19. The summed E-state index contributed by atoms with van der Waals surface area (Å²) in [5.74, 6) is -0.105. The SMILES string of the molecule is Cc1nsc(-c2cc[n+](CC(=O)O)cc2)n1.[Cl-]. The third-order valence-electron chi connectivity index (χ3n) is 1.98. The number of carbonyl (C=O) groups is 1. The fourth-order valence-corrected chi connectivity index (χ4v) is 1.95. The number of carboxylic acids is 1. The van der Waals surface area contributed by atoms with Crippen molar-refractivity contribution in [3.05, 3.63) is 30.4 Å². The highest BCUT2D eigenvalue weighted by molar-refractivity contribution is 7.09. The molecule has 0 saturated heterocycles. The van der Waals surface area contributed by atoms with Crippen LogP contribution in [0.15, 0.2) is 24.5 Å². The van der Waals surface area contributed by atoms with Gasteiger partial charge in [0.05, 0.1) is 0 Å². The lowest BCUT2D eigenvalue weighted by Crippen LogP contribution is -3.00. The van der Waals surface area contributed by atoms with Crippen molar-refractivity contribution in [2.45, 2.75) is 13.5 Å². The maximum Gasteiger partial charge on any atom is 0.370 e. The molecule has 0 unspecified atom stereocenters. The molecule has 0 bridgehead atoms. The van der Waals surface area contributed by atoms with Crippen molar-refractivity contribution in [2.24, 2.45) is 0 Å². The van der Waals surface area contributed by atoms with E-state index < -0.39 is 5.97 Å². The van der Waals surface area contributed by atoms with Gasteiger partial charge in [0.2, 0.25) is 6.54 Å². The van der Waals surface area contributed by atoms with Crippen LogP contribution in [-0.4, -0.2) is 20.4 Å². The molecule has 17 heavy (non-hydrogen) atoms.